The Balaban J connectivity index is 2.24. The molecule has 0 saturated carbocycles. The summed E-state index contributed by atoms with van der Waals surface area (Å²) in [5.41, 5.74) is 0. The Morgan fingerprint density at radius 1 is 1.00 bits per heavy atom. The van der Waals surface area contributed by atoms with Crippen LogP contribution in [-0.2, 0) is 9.59 Å². The maximum Gasteiger partial charge on any atom is 0.225 e. The van der Waals surface area contributed by atoms with Gasteiger partial charge in [-0.25, -0.2) is 0 Å². The van der Waals surface area contributed by atoms with Crippen LogP contribution in [0.3, 0.4) is 0 Å². The summed E-state index contributed by atoms with van der Waals surface area (Å²) in [6, 6.07) is 0.468. The van der Waals surface area contributed by atoms with E-state index in [-0.39, 0.29) is 17.7 Å². The first-order chi connectivity index (χ1) is 9.41. The molecular weight excluding hydrogens is 254 g/mol. The van der Waals surface area contributed by atoms with Crippen molar-refractivity contribution in [2.24, 2.45) is 5.92 Å². The highest BCUT2D eigenvalue weighted by molar-refractivity contribution is 5.79. The van der Waals surface area contributed by atoms with Crippen molar-refractivity contribution in [3.63, 3.8) is 0 Å². The summed E-state index contributed by atoms with van der Waals surface area (Å²) in [5, 5.41) is 3.31. The lowest BCUT2D eigenvalue weighted by Crippen LogP contribution is -2.51. The molecular formula is C15H29N3O2. The second-order valence-electron chi connectivity index (χ2n) is 6.07. The monoisotopic (exact) mass is 283 g/mol. The quantitative estimate of drug-likeness (QED) is 0.743. The molecule has 2 amide bonds. The van der Waals surface area contributed by atoms with E-state index >= 15 is 0 Å². The lowest BCUT2D eigenvalue weighted by Gasteiger charge is -2.35. The Labute approximate surface area is 122 Å². The Morgan fingerprint density at radius 3 is 2.05 bits per heavy atom. The molecule has 1 fully saturated rings. The molecule has 0 bridgehead atoms. The van der Waals surface area contributed by atoms with E-state index in [1.54, 1.807) is 0 Å². The highest BCUT2D eigenvalue weighted by Gasteiger charge is 2.24. The van der Waals surface area contributed by atoms with Crippen LogP contribution in [0.1, 0.15) is 40.5 Å². The first-order valence-electron chi connectivity index (χ1n) is 7.71. The summed E-state index contributed by atoms with van der Waals surface area (Å²) in [7, 11) is 0. The fourth-order valence-corrected chi connectivity index (χ4v) is 2.33. The number of rotatable bonds is 6. The number of carbonyl (C=O) groups excluding carboxylic acids is 2. The van der Waals surface area contributed by atoms with Crippen LogP contribution in [0.4, 0.5) is 0 Å². The van der Waals surface area contributed by atoms with Crippen LogP contribution in [0.5, 0.6) is 0 Å². The van der Waals surface area contributed by atoms with Gasteiger partial charge in [-0.05, 0) is 13.0 Å². The molecule has 5 heteroatoms. The van der Waals surface area contributed by atoms with E-state index in [4.69, 9.17) is 0 Å². The van der Waals surface area contributed by atoms with Crippen LogP contribution in [-0.4, -0.2) is 60.4 Å². The van der Waals surface area contributed by atoms with Crippen molar-refractivity contribution in [3.05, 3.63) is 0 Å². The first kappa shape index (κ1) is 17.0. The lowest BCUT2D eigenvalue weighted by molar-refractivity contribution is -0.141. The third-order valence-corrected chi connectivity index (χ3v) is 3.56. The van der Waals surface area contributed by atoms with Crippen LogP contribution in [0.2, 0.25) is 0 Å². The van der Waals surface area contributed by atoms with E-state index in [9.17, 15) is 9.59 Å². The van der Waals surface area contributed by atoms with Gasteiger partial charge in [0.1, 0.15) is 0 Å². The smallest absolute Gasteiger partial charge is 0.225 e. The number of nitrogens with one attached hydrogen (secondary N) is 1. The minimum Gasteiger partial charge on any atom is -0.339 e. The van der Waals surface area contributed by atoms with Gasteiger partial charge >= 0.3 is 0 Å². The van der Waals surface area contributed by atoms with E-state index < -0.39 is 0 Å². The summed E-state index contributed by atoms with van der Waals surface area (Å²) in [5.74, 6) is 0.449. The number of nitrogens with zero attached hydrogens (tertiary/aromatic N) is 2. The first-order valence-corrected chi connectivity index (χ1v) is 7.71. The largest absolute Gasteiger partial charge is 0.339 e. The molecule has 0 atom stereocenters. The van der Waals surface area contributed by atoms with Crippen molar-refractivity contribution >= 4 is 11.8 Å². The summed E-state index contributed by atoms with van der Waals surface area (Å²) in [6.07, 6.45) is 1.47. The van der Waals surface area contributed by atoms with Gasteiger partial charge in [-0.3, -0.25) is 9.59 Å². The van der Waals surface area contributed by atoms with Gasteiger partial charge in [0, 0.05) is 44.6 Å². The summed E-state index contributed by atoms with van der Waals surface area (Å²) < 4.78 is 0. The van der Waals surface area contributed by atoms with Crippen molar-refractivity contribution in [2.75, 3.05) is 32.7 Å². The van der Waals surface area contributed by atoms with Crippen LogP contribution < -0.4 is 5.32 Å². The second-order valence-corrected chi connectivity index (χ2v) is 6.07. The molecule has 1 aliphatic heterocycles. The molecule has 0 aromatic heterocycles. The zero-order valence-corrected chi connectivity index (χ0v) is 13.3. The predicted molar refractivity (Wildman–Crippen MR) is 80.4 cm³/mol. The standard InChI is InChI=1S/C15H29N3O2/c1-12(2)15(20)18-10-8-17(9-11-18)14(19)6-5-7-16-13(3)4/h12-13,16H,5-11H2,1-4H3. The molecule has 1 heterocycles. The van der Waals surface area contributed by atoms with Crippen molar-refractivity contribution in [1.82, 2.24) is 15.1 Å². The topological polar surface area (TPSA) is 52.7 Å². The molecule has 20 heavy (non-hydrogen) atoms. The maximum absolute atomic E-state index is 12.0. The number of hydrogen-bond donors (Lipinski definition) is 1. The van der Waals surface area contributed by atoms with Crippen molar-refractivity contribution in [3.8, 4) is 0 Å². The van der Waals surface area contributed by atoms with Crippen molar-refractivity contribution in [1.29, 1.82) is 0 Å². The minimum atomic E-state index is 0.0411. The molecule has 1 saturated heterocycles. The van der Waals surface area contributed by atoms with Gasteiger partial charge in [0.25, 0.3) is 0 Å². The number of hydrogen-bond acceptors (Lipinski definition) is 3. The number of carbonyl (C=O) groups is 2. The highest BCUT2D eigenvalue weighted by Crippen LogP contribution is 2.08. The Kier molecular flexibility index (Phi) is 6.99. The average Bonchev–Trinajstić information content (AvgIpc) is 2.42. The minimum absolute atomic E-state index is 0.0411. The van der Waals surface area contributed by atoms with Gasteiger partial charge in [0.2, 0.25) is 11.8 Å². The zero-order chi connectivity index (χ0) is 15.1. The average molecular weight is 283 g/mol. The normalized spacial score (nSPS) is 16.1. The molecule has 0 spiro atoms. The predicted octanol–water partition coefficient (Wildman–Crippen LogP) is 1.09. The van der Waals surface area contributed by atoms with Gasteiger partial charge in [-0.1, -0.05) is 27.7 Å². The molecule has 0 unspecified atom stereocenters. The zero-order valence-electron chi connectivity index (χ0n) is 13.3. The van der Waals surface area contributed by atoms with E-state index in [1.165, 1.54) is 0 Å². The number of amides is 2. The van der Waals surface area contributed by atoms with Crippen molar-refractivity contribution in [2.45, 2.75) is 46.6 Å². The van der Waals surface area contributed by atoms with E-state index in [0.29, 0.717) is 38.6 Å². The molecule has 116 valence electrons. The van der Waals surface area contributed by atoms with Crippen LogP contribution in [0.15, 0.2) is 0 Å². The number of piperazine rings is 1. The van der Waals surface area contributed by atoms with E-state index in [0.717, 1.165) is 13.0 Å². The second kappa shape index (κ2) is 8.25. The molecule has 0 aromatic carbocycles. The molecule has 0 aromatic rings. The fourth-order valence-electron chi connectivity index (χ4n) is 2.33. The summed E-state index contributed by atoms with van der Waals surface area (Å²) in [4.78, 5) is 27.7. The summed E-state index contributed by atoms with van der Waals surface area (Å²) in [6.45, 7) is 11.6. The van der Waals surface area contributed by atoms with Crippen LogP contribution in [0, 0.1) is 5.92 Å². The Hall–Kier alpha value is -1.10. The van der Waals surface area contributed by atoms with Gasteiger partial charge in [0.15, 0.2) is 0 Å². The van der Waals surface area contributed by atoms with Crippen LogP contribution >= 0.6 is 0 Å². The van der Waals surface area contributed by atoms with Gasteiger partial charge in [-0.2, -0.15) is 0 Å². The maximum atomic E-state index is 12.0. The molecule has 1 rings (SSSR count). The third-order valence-electron chi connectivity index (χ3n) is 3.56. The van der Waals surface area contributed by atoms with Gasteiger partial charge in [0.05, 0.1) is 0 Å². The molecule has 1 N–H and O–H groups in total. The Bertz CT molecular complexity index is 321. The van der Waals surface area contributed by atoms with Gasteiger partial charge in [-0.15, -0.1) is 0 Å². The van der Waals surface area contributed by atoms with Crippen LogP contribution in [0.25, 0.3) is 0 Å². The highest BCUT2D eigenvalue weighted by atomic mass is 16.2. The molecule has 0 aliphatic carbocycles. The Morgan fingerprint density at radius 2 is 1.55 bits per heavy atom. The SMILES string of the molecule is CC(C)NCCCC(=O)N1CCN(C(=O)C(C)C)CC1. The third kappa shape index (κ3) is 5.49. The van der Waals surface area contributed by atoms with Crippen molar-refractivity contribution < 1.29 is 9.59 Å². The fraction of sp³-hybridized carbons (Fsp3) is 0.867. The van der Waals surface area contributed by atoms with E-state index in [1.807, 2.05) is 23.6 Å². The van der Waals surface area contributed by atoms with E-state index in [2.05, 4.69) is 19.2 Å². The molecule has 5 nitrogen and oxygen atoms in total. The molecule has 0 radical (unpaired) electrons. The molecule has 1 aliphatic rings. The summed E-state index contributed by atoms with van der Waals surface area (Å²) >= 11 is 0. The van der Waals surface area contributed by atoms with Gasteiger partial charge < -0.3 is 15.1 Å². The lowest BCUT2D eigenvalue weighted by atomic mass is 10.1.